The molecular weight excluding hydrogens is 280 g/mol. The van der Waals surface area contributed by atoms with Gasteiger partial charge in [0, 0.05) is 35.5 Å². The highest BCUT2D eigenvalue weighted by Gasteiger charge is 2.14. The van der Waals surface area contributed by atoms with Crippen molar-refractivity contribution < 1.29 is 9.72 Å². The number of hydrogen-bond acceptors (Lipinski definition) is 3. The first kappa shape index (κ1) is 14.0. The number of anilines is 1. The molecular formula is C14H11ClN2O3. The summed E-state index contributed by atoms with van der Waals surface area (Å²) in [6, 6.07) is 12.3. The topological polar surface area (TPSA) is 63.5 Å². The maximum absolute atomic E-state index is 12.2. The number of nitrogens with zero attached hydrogens (tertiary/aromatic N) is 2. The molecule has 0 aliphatic carbocycles. The molecule has 0 fully saturated rings. The molecule has 2 aromatic rings. The number of carbonyl (C=O) groups is 1. The van der Waals surface area contributed by atoms with Crippen molar-refractivity contribution in [3.05, 3.63) is 69.2 Å². The number of rotatable bonds is 3. The van der Waals surface area contributed by atoms with Crippen LogP contribution in [0.25, 0.3) is 0 Å². The minimum Gasteiger partial charge on any atom is -0.311 e. The van der Waals surface area contributed by atoms with Gasteiger partial charge >= 0.3 is 0 Å². The Kier molecular flexibility index (Phi) is 4.00. The van der Waals surface area contributed by atoms with Crippen LogP contribution in [0, 0.1) is 10.1 Å². The average molecular weight is 291 g/mol. The SMILES string of the molecule is CN(C(=O)c1ccc([N+](=O)[O-])cc1)c1ccc(Cl)cc1. The summed E-state index contributed by atoms with van der Waals surface area (Å²) in [5, 5.41) is 11.2. The average Bonchev–Trinajstić information content (AvgIpc) is 2.46. The zero-order valence-electron chi connectivity index (χ0n) is 10.6. The summed E-state index contributed by atoms with van der Waals surface area (Å²) in [6.45, 7) is 0. The van der Waals surface area contributed by atoms with E-state index in [0.717, 1.165) is 0 Å². The number of hydrogen-bond donors (Lipinski definition) is 0. The summed E-state index contributed by atoms with van der Waals surface area (Å²) >= 11 is 5.79. The number of nitro benzene ring substituents is 1. The third-order valence-electron chi connectivity index (χ3n) is 2.84. The molecule has 0 radical (unpaired) electrons. The highest BCUT2D eigenvalue weighted by Crippen LogP contribution is 2.19. The molecule has 2 rings (SSSR count). The number of non-ortho nitro benzene ring substituents is 1. The highest BCUT2D eigenvalue weighted by atomic mass is 35.5. The molecule has 1 amide bonds. The lowest BCUT2D eigenvalue weighted by molar-refractivity contribution is -0.384. The lowest BCUT2D eigenvalue weighted by Crippen LogP contribution is -2.26. The van der Waals surface area contributed by atoms with Crippen LogP contribution in [-0.4, -0.2) is 17.9 Å². The molecule has 0 saturated heterocycles. The van der Waals surface area contributed by atoms with Crippen LogP contribution in [-0.2, 0) is 0 Å². The Morgan fingerprint density at radius 1 is 1.10 bits per heavy atom. The molecule has 2 aromatic carbocycles. The molecule has 0 aliphatic rings. The zero-order valence-corrected chi connectivity index (χ0v) is 11.4. The van der Waals surface area contributed by atoms with Crippen molar-refractivity contribution in [2.75, 3.05) is 11.9 Å². The molecule has 0 spiro atoms. The van der Waals surface area contributed by atoms with Crippen molar-refractivity contribution in [1.29, 1.82) is 0 Å². The molecule has 0 aromatic heterocycles. The van der Waals surface area contributed by atoms with Crippen LogP contribution in [0.3, 0.4) is 0 Å². The van der Waals surface area contributed by atoms with Gasteiger partial charge < -0.3 is 4.90 Å². The van der Waals surface area contributed by atoms with Crippen LogP contribution in [0.5, 0.6) is 0 Å². The second-order valence-electron chi connectivity index (χ2n) is 4.14. The summed E-state index contributed by atoms with van der Waals surface area (Å²) < 4.78 is 0. The Bertz CT molecular complexity index is 638. The third-order valence-corrected chi connectivity index (χ3v) is 3.10. The smallest absolute Gasteiger partial charge is 0.269 e. The fourth-order valence-corrected chi connectivity index (χ4v) is 1.83. The molecule has 102 valence electrons. The monoisotopic (exact) mass is 290 g/mol. The molecule has 20 heavy (non-hydrogen) atoms. The van der Waals surface area contributed by atoms with E-state index < -0.39 is 4.92 Å². The van der Waals surface area contributed by atoms with Crippen LogP contribution < -0.4 is 4.90 Å². The Hall–Kier alpha value is -2.40. The van der Waals surface area contributed by atoms with Gasteiger partial charge in [0.25, 0.3) is 11.6 Å². The summed E-state index contributed by atoms with van der Waals surface area (Å²) in [6.07, 6.45) is 0. The third kappa shape index (κ3) is 2.95. The number of benzene rings is 2. The van der Waals surface area contributed by atoms with Crippen LogP contribution in [0.15, 0.2) is 48.5 Å². The fourth-order valence-electron chi connectivity index (χ4n) is 1.70. The van der Waals surface area contributed by atoms with Crippen molar-refractivity contribution in [2.24, 2.45) is 0 Å². The van der Waals surface area contributed by atoms with Gasteiger partial charge in [-0.3, -0.25) is 14.9 Å². The lowest BCUT2D eigenvalue weighted by Gasteiger charge is -2.17. The predicted octanol–water partition coefficient (Wildman–Crippen LogP) is 3.52. The zero-order chi connectivity index (χ0) is 14.7. The second kappa shape index (κ2) is 5.71. The summed E-state index contributed by atoms with van der Waals surface area (Å²) in [5.74, 6) is -0.248. The summed E-state index contributed by atoms with van der Waals surface area (Å²) in [5.41, 5.74) is 1.03. The largest absolute Gasteiger partial charge is 0.311 e. The van der Waals surface area contributed by atoms with Crippen LogP contribution >= 0.6 is 11.6 Å². The molecule has 5 nitrogen and oxygen atoms in total. The summed E-state index contributed by atoms with van der Waals surface area (Å²) in [4.78, 5) is 23.8. The van der Waals surface area contributed by atoms with E-state index in [1.54, 1.807) is 31.3 Å². The van der Waals surface area contributed by atoms with Crippen molar-refractivity contribution in [1.82, 2.24) is 0 Å². The van der Waals surface area contributed by atoms with Crippen LogP contribution in [0.4, 0.5) is 11.4 Å². The van der Waals surface area contributed by atoms with E-state index >= 15 is 0 Å². The van der Waals surface area contributed by atoms with E-state index in [0.29, 0.717) is 16.3 Å². The van der Waals surface area contributed by atoms with Gasteiger partial charge in [0.2, 0.25) is 0 Å². The predicted molar refractivity (Wildman–Crippen MR) is 77.3 cm³/mol. The minimum absolute atomic E-state index is 0.0457. The van der Waals surface area contributed by atoms with Crippen LogP contribution in [0.2, 0.25) is 5.02 Å². The summed E-state index contributed by atoms with van der Waals surface area (Å²) in [7, 11) is 1.63. The van der Waals surface area contributed by atoms with E-state index in [2.05, 4.69) is 0 Å². The van der Waals surface area contributed by atoms with Gasteiger partial charge in [-0.15, -0.1) is 0 Å². The molecule has 0 atom stereocenters. The normalized spacial score (nSPS) is 10.1. The molecule has 0 heterocycles. The minimum atomic E-state index is -0.503. The standard InChI is InChI=1S/C14H11ClN2O3/c1-16(12-8-4-11(15)5-9-12)14(18)10-2-6-13(7-3-10)17(19)20/h2-9H,1H3. The van der Waals surface area contributed by atoms with Gasteiger partial charge in [-0.1, -0.05) is 11.6 Å². The molecule has 0 unspecified atom stereocenters. The maximum atomic E-state index is 12.2. The van der Waals surface area contributed by atoms with Gasteiger partial charge in [0.15, 0.2) is 0 Å². The number of nitro groups is 1. The molecule has 0 bridgehead atoms. The van der Waals surface area contributed by atoms with Gasteiger partial charge in [-0.2, -0.15) is 0 Å². The van der Waals surface area contributed by atoms with Crippen molar-refractivity contribution >= 4 is 28.9 Å². The first-order valence-electron chi connectivity index (χ1n) is 5.77. The Balaban J connectivity index is 2.22. The molecule has 0 aliphatic heterocycles. The van der Waals surface area contributed by atoms with Crippen molar-refractivity contribution in [2.45, 2.75) is 0 Å². The molecule has 6 heteroatoms. The second-order valence-corrected chi connectivity index (χ2v) is 4.58. The quantitative estimate of drug-likeness (QED) is 0.642. The fraction of sp³-hybridized carbons (Fsp3) is 0.0714. The van der Waals surface area contributed by atoms with E-state index in [4.69, 9.17) is 11.6 Å². The molecule has 0 N–H and O–H groups in total. The van der Waals surface area contributed by atoms with Gasteiger partial charge in [-0.05, 0) is 36.4 Å². The van der Waals surface area contributed by atoms with Crippen LogP contribution in [0.1, 0.15) is 10.4 Å². The Morgan fingerprint density at radius 2 is 1.65 bits per heavy atom. The number of carbonyl (C=O) groups excluding carboxylic acids is 1. The van der Waals surface area contributed by atoms with Gasteiger partial charge in [0.1, 0.15) is 0 Å². The number of halogens is 1. The Morgan fingerprint density at radius 3 is 2.15 bits per heavy atom. The van der Waals surface area contributed by atoms with E-state index in [9.17, 15) is 14.9 Å². The van der Waals surface area contributed by atoms with Crippen molar-refractivity contribution in [3.63, 3.8) is 0 Å². The maximum Gasteiger partial charge on any atom is 0.269 e. The van der Waals surface area contributed by atoms with Gasteiger partial charge in [0.05, 0.1) is 4.92 Å². The van der Waals surface area contributed by atoms with E-state index in [1.165, 1.54) is 29.2 Å². The molecule has 0 saturated carbocycles. The van der Waals surface area contributed by atoms with Crippen molar-refractivity contribution in [3.8, 4) is 0 Å². The van der Waals surface area contributed by atoms with Gasteiger partial charge in [-0.25, -0.2) is 0 Å². The first-order chi connectivity index (χ1) is 9.49. The lowest BCUT2D eigenvalue weighted by atomic mass is 10.1. The highest BCUT2D eigenvalue weighted by molar-refractivity contribution is 6.30. The van der Waals surface area contributed by atoms with E-state index in [-0.39, 0.29) is 11.6 Å². The van der Waals surface area contributed by atoms with E-state index in [1.807, 2.05) is 0 Å². The number of amides is 1. The Labute approximate surface area is 120 Å². The first-order valence-corrected chi connectivity index (χ1v) is 6.15.